The molecule has 2 fully saturated rings. The molecule has 0 aromatic heterocycles. The first kappa shape index (κ1) is 12.3. The van der Waals surface area contributed by atoms with E-state index >= 15 is 0 Å². The fraction of sp³-hybridized carbons (Fsp3) is 1.00. The molecule has 1 aliphatic heterocycles. The predicted molar refractivity (Wildman–Crippen MR) is 66.4 cm³/mol. The van der Waals surface area contributed by atoms with Crippen molar-refractivity contribution >= 4 is 0 Å². The Kier molecular flexibility index (Phi) is 3.88. The summed E-state index contributed by atoms with van der Waals surface area (Å²) in [5.41, 5.74) is 6.11. The highest BCUT2D eigenvalue weighted by Crippen LogP contribution is 2.33. The fourth-order valence-corrected chi connectivity index (χ4v) is 3.01. The van der Waals surface area contributed by atoms with E-state index in [0.29, 0.717) is 12.2 Å². The molecule has 0 aromatic carbocycles. The predicted octanol–water partition coefficient (Wildman–Crippen LogP) is 1.66. The third-order valence-corrected chi connectivity index (χ3v) is 3.96. The molecular weight excluding hydrogens is 200 g/mol. The van der Waals surface area contributed by atoms with Gasteiger partial charge >= 0.3 is 0 Å². The number of nitrogens with two attached hydrogens (primary N) is 1. The van der Waals surface area contributed by atoms with E-state index in [1.165, 1.54) is 19.3 Å². The highest BCUT2D eigenvalue weighted by Gasteiger charge is 2.37. The zero-order chi connectivity index (χ0) is 11.6. The minimum absolute atomic E-state index is 0.131. The molecule has 1 saturated carbocycles. The molecular formula is C13H26N2O. The molecule has 1 heterocycles. The van der Waals surface area contributed by atoms with Gasteiger partial charge in [-0.15, -0.1) is 0 Å². The molecule has 0 aromatic rings. The van der Waals surface area contributed by atoms with Crippen molar-refractivity contribution in [1.29, 1.82) is 0 Å². The number of nitrogens with one attached hydrogen (secondary N) is 1. The molecule has 0 amide bonds. The zero-order valence-electron chi connectivity index (χ0n) is 10.7. The first-order valence-electron chi connectivity index (χ1n) is 6.74. The second kappa shape index (κ2) is 5.03. The van der Waals surface area contributed by atoms with Gasteiger partial charge in [-0.1, -0.05) is 12.8 Å². The SMILES string of the molecule is CC1CC(CN)(NCCC2CC2)CC(C)O1. The molecule has 0 radical (unpaired) electrons. The number of rotatable bonds is 5. The van der Waals surface area contributed by atoms with Crippen LogP contribution >= 0.6 is 0 Å². The van der Waals surface area contributed by atoms with Crippen LogP contribution in [0.25, 0.3) is 0 Å². The van der Waals surface area contributed by atoms with E-state index in [0.717, 1.165) is 31.8 Å². The van der Waals surface area contributed by atoms with Crippen LogP contribution in [-0.2, 0) is 4.74 Å². The third kappa shape index (κ3) is 3.19. The van der Waals surface area contributed by atoms with Crippen LogP contribution in [0.4, 0.5) is 0 Å². The number of hydrogen-bond donors (Lipinski definition) is 2. The van der Waals surface area contributed by atoms with Gasteiger partial charge in [-0.2, -0.15) is 0 Å². The van der Waals surface area contributed by atoms with Crippen molar-refractivity contribution < 1.29 is 4.74 Å². The average Bonchev–Trinajstić information content (AvgIpc) is 3.00. The van der Waals surface area contributed by atoms with Crippen molar-refractivity contribution in [2.24, 2.45) is 11.7 Å². The molecule has 2 rings (SSSR count). The average molecular weight is 226 g/mol. The Morgan fingerprint density at radius 3 is 2.38 bits per heavy atom. The molecule has 1 aliphatic carbocycles. The van der Waals surface area contributed by atoms with Crippen LogP contribution < -0.4 is 11.1 Å². The summed E-state index contributed by atoms with van der Waals surface area (Å²) >= 11 is 0. The van der Waals surface area contributed by atoms with Crippen LogP contribution in [0.1, 0.15) is 46.0 Å². The van der Waals surface area contributed by atoms with Gasteiger partial charge in [0, 0.05) is 12.1 Å². The fourth-order valence-electron chi connectivity index (χ4n) is 3.01. The molecule has 2 atom stereocenters. The summed E-state index contributed by atoms with van der Waals surface area (Å²) in [5, 5.41) is 3.71. The molecule has 2 unspecified atom stereocenters. The van der Waals surface area contributed by atoms with Crippen molar-refractivity contribution in [1.82, 2.24) is 5.32 Å². The van der Waals surface area contributed by atoms with Gasteiger partial charge < -0.3 is 15.8 Å². The minimum Gasteiger partial charge on any atom is -0.375 e. The zero-order valence-corrected chi connectivity index (χ0v) is 10.7. The van der Waals surface area contributed by atoms with Crippen molar-refractivity contribution in [3.05, 3.63) is 0 Å². The molecule has 2 aliphatic rings. The van der Waals surface area contributed by atoms with E-state index in [2.05, 4.69) is 19.2 Å². The summed E-state index contributed by atoms with van der Waals surface area (Å²) in [5.74, 6) is 0.997. The van der Waals surface area contributed by atoms with Crippen molar-refractivity contribution in [3.8, 4) is 0 Å². The molecule has 0 spiro atoms. The minimum atomic E-state index is 0.131. The third-order valence-electron chi connectivity index (χ3n) is 3.96. The van der Waals surface area contributed by atoms with E-state index in [-0.39, 0.29) is 5.54 Å². The van der Waals surface area contributed by atoms with Gasteiger partial charge in [0.25, 0.3) is 0 Å². The summed E-state index contributed by atoms with van der Waals surface area (Å²) in [6.07, 6.45) is 6.98. The quantitative estimate of drug-likeness (QED) is 0.749. The van der Waals surface area contributed by atoms with Crippen LogP contribution in [0.3, 0.4) is 0 Å². The van der Waals surface area contributed by atoms with Gasteiger partial charge in [-0.3, -0.25) is 0 Å². The molecule has 1 saturated heterocycles. The lowest BCUT2D eigenvalue weighted by molar-refractivity contribution is -0.0670. The molecule has 3 heteroatoms. The Labute approximate surface area is 99.1 Å². The molecule has 16 heavy (non-hydrogen) atoms. The Balaban J connectivity index is 1.83. The lowest BCUT2D eigenvalue weighted by Gasteiger charge is -2.43. The Morgan fingerprint density at radius 2 is 1.88 bits per heavy atom. The normalized spacial score (nSPS) is 39.9. The highest BCUT2D eigenvalue weighted by molar-refractivity contribution is 4.96. The van der Waals surface area contributed by atoms with Crippen LogP contribution in [0.2, 0.25) is 0 Å². The Hall–Kier alpha value is -0.120. The Bertz CT molecular complexity index is 218. The maximum absolute atomic E-state index is 5.98. The summed E-state index contributed by atoms with van der Waals surface area (Å²) < 4.78 is 5.79. The van der Waals surface area contributed by atoms with Gasteiger partial charge in [-0.25, -0.2) is 0 Å². The smallest absolute Gasteiger partial charge is 0.0568 e. The molecule has 3 N–H and O–H groups in total. The molecule has 3 nitrogen and oxygen atoms in total. The van der Waals surface area contributed by atoms with E-state index in [4.69, 9.17) is 10.5 Å². The lowest BCUT2D eigenvalue weighted by atomic mass is 9.84. The molecule has 0 bridgehead atoms. The van der Waals surface area contributed by atoms with Crippen LogP contribution in [0.5, 0.6) is 0 Å². The lowest BCUT2D eigenvalue weighted by Crippen LogP contribution is -2.58. The van der Waals surface area contributed by atoms with Gasteiger partial charge in [0.05, 0.1) is 12.2 Å². The van der Waals surface area contributed by atoms with Crippen molar-refractivity contribution in [3.63, 3.8) is 0 Å². The summed E-state index contributed by atoms with van der Waals surface area (Å²) in [6, 6.07) is 0. The Morgan fingerprint density at radius 1 is 1.25 bits per heavy atom. The van der Waals surface area contributed by atoms with Crippen LogP contribution in [0.15, 0.2) is 0 Å². The largest absolute Gasteiger partial charge is 0.375 e. The van der Waals surface area contributed by atoms with E-state index < -0.39 is 0 Å². The second-order valence-corrected chi connectivity index (χ2v) is 5.81. The molecule has 94 valence electrons. The highest BCUT2D eigenvalue weighted by atomic mass is 16.5. The first-order valence-corrected chi connectivity index (χ1v) is 6.74. The van der Waals surface area contributed by atoms with Crippen LogP contribution in [0, 0.1) is 5.92 Å². The summed E-state index contributed by atoms with van der Waals surface area (Å²) in [6.45, 7) is 6.17. The van der Waals surface area contributed by atoms with Crippen LogP contribution in [-0.4, -0.2) is 30.8 Å². The van der Waals surface area contributed by atoms with Crippen molar-refractivity contribution in [2.45, 2.75) is 63.7 Å². The van der Waals surface area contributed by atoms with E-state index in [9.17, 15) is 0 Å². The summed E-state index contributed by atoms with van der Waals surface area (Å²) in [4.78, 5) is 0. The van der Waals surface area contributed by atoms with Gasteiger partial charge in [0.1, 0.15) is 0 Å². The van der Waals surface area contributed by atoms with Gasteiger partial charge in [-0.05, 0) is 45.6 Å². The maximum Gasteiger partial charge on any atom is 0.0568 e. The number of ether oxygens (including phenoxy) is 1. The monoisotopic (exact) mass is 226 g/mol. The maximum atomic E-state index is 5.98. The standard InChI is InChI=1S/C13H26N2O/c1-10-7-13(9-14,8-11(2)16-10)15-6-5-12-3-4-12/h10-12,15H,3-9,14H2,1-2H3. The van der Waals surface area contributed by atoms with Gasteiger partial charge in [0.2, 0.25) is 0 Å². The first-order chi connectivity index (χ1) is 7.63. The second-order valence-electron chi connectivity index (χ2n) is 5.81. The number of hydrogen-bond acceptors (Lipinski definition) is 3. The van der Waals surface area contributed by atoms with Gasteiger partial charge in [0.15, 0.2) is 0 Å². The topological polar surface area (TPSA) is 47.3 Å². The van der Waals surface area contributed by atoms with Crippen molar-refractivity contribution in [2.75, 3.05) is 13.1 Å². The summed E-state index contributed by atoms with van der Waals surface area (Å²) in [7, 11) is 0. The van der Waals surface area contributed by atoms with E-state index in [1.54, 1.807) is 0 Å². The van der Waals surface area contributed by atoms with E-state index in [1.807, 2.05) is 0 Å².